The van der Waals surface area contributed by atoms with E-state index in [1.165, 1.54) is 17.0 Å². The topological polar surface area (TPSA) is 58.6 Å². The molecule has 0 aliphatic carbocycles. The molecule has 1 aliphatic rings. The largest absolute Gasteiger partial charge is 0.462 e. The number of alkyl halides is 3. The summed E-state index contributed by atoms with van der Waals surface area (Å²) in [6.07, 6.45) is -4.20. The summed E-state index contributed by atoms with van der Waals surface area (Å²) in [4.78, 5) is 24.7. The molecule has 2 rings (SSSR count). The molecule has 1 aromatic rings. The Balaban J connectivity index is 1.79. The zero-order valence-electron chi connectivity index (χ0n) is 12.5. The van der Waals surface area contributed by atoms with Crippen molar-refractivity contribution in [2.45, 2.75) is 13.1 Å². The lowest BCUT2D eigenvalue weighted by Gasteiger charge is -2.39. The van der Waals surface area contributed by atoms with E-state index in [1.807, 2.05) is 0 Å². The van der Waals surface area contributed by atoms with Gasteiger partial charge in [0.15, 0.2) is 0 Å². The number of ether oxygens (including phenoxy) is 1. The molecule has 0 bridgehead atoms. The van der Waals surface area contributed by atoms with Gasteiger partial charge in [-0.15, -0.1) is 0 Å². The molecule has 1 saturated heterocycles. The van der Waals surface area contributed by atoms with Gasteiger partial charge in [0.2, 0.25) is 5.91 Å². The third kappa shape index (κ3) is 4.69. The summed E-state index contributed by atoms with van der Waals surface area (Å²) in [7, 11) is 0. The highest BCUT2D eigenvalue weighted by atomic mass is 19.4. The van der Waals surface area contributed by atoms with Gasteiger partial charge in [0.25, 0.3) is 0 Å². The van der Waals surface area contributed by atoms with Gasteiger partial charge in [0.1, 0.15) is 0 Å². The standard InChI is InChI=1S/C15H17F3N2O3/c1-2-23-14(22)10-3-5-12(6-4-10)19-13(21)9-20-7-11(8-20)15(16,17)18/h3-6,11H,2,7-9H2,1H3,(H,19,21). The van der Waals surface area contributed by atoms with E-state index in [4.69, 9.17) is 4.74 Å². The molecule has 0 saturated carbocycles. The predicted octanol–water partition coefficient (Wildman–Crippen LogP) is 2.30. The summed E-state index contributed by atoms with van der Waals surface area (Å²) >= 11 is 0. The molecular weight excluding hydrogens is 313 g/mol. The average Bonchev–Trinajstić information content (AvgIpc) is 2.42. The summed E-state index contributed by atoms with van der Waals surface area (Å²) < 4.78 is 41.9. The number of halogens is 3. The summed E-state index contributed by atoms with van der Waals surface area (Å²) in [6.45, 7) is 1.57. The van der Waals surface area contributed by atoms with Gasteiger partial charge < -0.3 is 10.1 Å². The van der Waals surface area contributed by atoms with Gasteiger partial charge in [-0.2, -0.15) is 13.2 Å². The fourth-order valence-electron chi connectivity index (χ4n) is 2.21. The van der Waals surface area contributed by atoms with E-state index in [9.17, 15) is 22.8 Å². The number of esters is 1. The number of likely N-dealkylation sites (tertiary alicyclic amines) is 1. The first-order valence-electron chi connectivity index (χ1n) is 7.15. The number of carbonyl (C=O) groups excluding carboxylic acids is 2. The molecule has 23 heavy (non-hydrogen) atoms. The van der Waals surface area contributed by atoms with Crippen LogP contribution in [0.25, 0.3) is 0 Å². The predicted molar refractivity (Wildman–Crippen MR) is 77.0 cm³/mol. The first-order valence-corrected chi connectivity index (χ1v) is 7.15. The second-order valence-corrected chi connectivity index (χ2v) is 5.28. The highest BCUT2D eigenvalue weighted by Gasteiger charge is 2.47. The molecule has 126 valence electrons. The smallest absolute Gasteiger partial charge is 0.394 e. The monoisotopic (exact) mass is 330 g/mol. The van der Waals surface area contributed by atoms with E-state index in [0.29, 0.717) is 11.3 Å². The first kappa shape index (κ1) is 17.3. The lowest BCUT2D eigenvalue weighted by atomic mass is 10.00. The molecule has 1 amide bonds. The van der Waals surface area contributed by atoms with E-state index in [0.717, 1.165) is 0 Å². The van der Waals surface area contributed by atoms with Gasteiger partial charge in [0.05, 0.1) is 24.6 Å². The Labute approximate surface area is 131 Å². The number of rotatable bonds is 5. The number of nitrogens with zero attached hydrogens (tertiary/aromatic N) is 1. The van der Waals surface area contributed by atoms with Gasteiger partial charge in [-0.05, 0) is 31.2 Å². The first-order chi connectivity index (χ1) is 10.8. The normalized spacial score (nSPS) is 15.8. The van der Waals surface area contributed by atoms with Crippen LogP contribution in [-0.4, -0.2) is 49.2 Å². The zero-order valence-corrected chi connectivity index (χ0v) is 12.5. The number of nitrogens with one attached hydrogen (secondary N) is 1. The maximum Gasteiger partial charge on any atom is 0.394 e. The second-order valence-electron chi connectivity index (χ2n) is 5.28. The fourth-order valence-corrected chi connectivity index (χ4v) is 2.21. The minimum atomic E-state index is -4.20. The van der Waals surface area contributed by atoms with Gasteiger partial charge in [0, 0.05) is 18.8 Å². The van der Waals surface area contributed by atoms with E-state index < -0.39 is 24.0 Å². The molecule has 0 unspecified atom stereocenters. The quantitative estimate of drug-likeness (QED) is 0.842. The van der Waals surface area contributed by atoms with Crippen LogP contribution < -0.4 is 5.32 Å². The summed E-state index contributed by atoms with van der Waals surface area (Å²) in [5.41, 5.74) is 0.830. The van der Waals surface area contributed by atoms with Crippen molar-refractivity contribution in [3.05, 3.63) is 29.8 Å². The molecule has 1 aliphatic heterocycles. The highest BCUT2D eigenvalue weighted by Crippen LogP contribution is 2.33. The van der Waals surface area contributed by atoms with Crippen molar-refractivity contribution in [2.75, 3.05) is 31.6 Å². The van der Waals surface area contributed by atoms with Gasteiger partial charge in [-0.25, -0.2) is 4.79 Å². The lowest BCUT2D eigenvalue weighted by molar-refractivity contribution is -0.208. The Kier molecular flexibility index (Phi) is 5.25. The molecule has 0 atom stereocenters. The van der Waals surface area contributed by atoms with E-state index in [2.05, 4.69) is 5.32 Å². The number of hydrogen-bond acceptors (Lipinski definition) is 4. The van der Waals surface area contributed by atoms with Gasteiger partial charge in [-0.3, -0.25) is 9.69 Å². The van der Waals surface area contributed by atoms with Crippen LogP contribution in [-0.2, 0) is 9.53 Å². The average molecular weight is 330 g/mol. The number of anilines is 1. The third-order valence-corrected chi connectivity index (χ3v) is 3.47. The minimum Gasteiger partial charge on any atom is -0.462 e. The Bertz CT molecular complexity index is 566. The van der Waals surface area contributed by atoms with Crippen LogP contribution in [0.1, 0.15) is 17.3 Å². The Hall–Kier alpha value is -2.09. The molecule has 8 heteroatoms. The van der Waals surface area contributed by atoms with Crippen LogP contribution in [0.15, 0.2) is 24.3 Å². The molecule has 0 spiro atoms. The van der Waals surface area contributed by atoms with Crippen molar-refractivity contribution in [1.82, 2.24) is 4.90 Å². The van der Waals surface area contributed by atoms with E-state index >= 15 is 0 Å². The SMILES string of the molecule is CCOC(=O)c1ccc(NC(=O)CN2CC(C(F)(F)F)C2)cc1. The summed E-state index contributed by atoms with van der Waals surface area (Å²) in [5.74, 6) is -2.20. The molecular formula is C15H17F3N2O3. The number of hydrogen-bond donors (Lipinski definition) is 1. The van der Waals surface area contributed by atoms with Crippen molar-refractivity contribution in [3.8, 4) is 0 Å². The van der Waals surface area contributed by atoms with E-state index in [1.54, 1.807) is 19.1 Å². The van der Waals surface area contributed by atoms with Crippen LogP contribution in [0.3, 0.4) is 0 Å². The Morgan fingerprint density at radius 1 is 1.26 bits per heavy atom. The zero-order chi connectivity index (χ0) is 17.0. The molecule has 1 aromatic carbocycles. The van der Waals surface area contributed by atoms with E-state index in [-0.39, 0.29) is 26.2 Å². The van der Waals surface area contributed by atoms with Crippen LogP contribution in [0.5, 0.6) is 0 Å². The minimum absolute atomic E-state index is 0.0911. The van der Waals surface area contributed by atoms with Crippen molar-refractivity contribution in [3.63, 3.8) is 0 Å². The second kappa shape index (κ2) is 6.99. The molecule has 0 radical (unpaired) electrons. The van der Waals surface area contributed by atoms with Gasteiger partial charge in [-0.1, -0.05) is 0 Å². The Morgan fingerprint density at radius 3 is 2.39 bits per heavy atom. The van der Waals surface area contributed by atoms with Crippen LogP contribution >= 0.6 is 0 Å². The van der Waals surface area contributed by atoms with Crippen molar-refractivity contribution < 1.29 is 27.5 Å². The molecule has 1 heterocycles. The molecule has 5 nitrogen and oxygen atoms in total. The van der Waals surface area contributed by atoms with Crippen molar-refractivity contribution in [2.24, 2.45) is 5.92 Å². The number of amides is 1. The van der Waals surface area contributed by atoms with Crippen LogP contribution in [0.4, 0.5) is 18.9 Å². The van der Waals surface area contributed by atoms with Crippen molar-refractivity contribution >= 4 is 17.6 Å². The molecule has 1 N–H and O–H groups in total. The van der Waals surface area contributed by atoms with Crippen molar-refractivity contribution in [1.29, 1.82) is 0 Å². The molecule has 1 fully saturated rings. The molecule has 0 aromatic heterocycles. The van der Waals surface area contributed by atoms with Crippen LogP contribution in [0, 0.1) is 5.92 Å². The van der Waals surface area contributed by atoms with Gasteiger partial charge >= 0.3 is 12.1 Å². The Morgan fingerprint density at radius 2 is 1.87 bits per heavy atom. The fraction of sp³-hybridized carbons (Fsp3) is 0.467. The summed E-state index contributed by atoms with van der Waals surface area (Å²) in [5, 5.41) is 2.58. The lowest BCUT2D eigenvalue weighted by Crippen LogP contribution is -2.55. The number of carbonyl (C=O) groups is 2. The maximum absolute atomic E-state index is 12.4. The third-order valence-electron chi connectivity index (χ3n) is 3.47. The summed E-state index contributed by atoms with van der Waals surface area (Å²) in [6, 6.07) is 6.10. The highest BCUT2D eigenvalue weighted by molar-refractivity contribution is 5.94. The van der Waals surface area contributed by atoms with Crippen LogP contribution in [0.2, 0.25) is 0 Å². The number of benzene rings is 1. The maximum atomic E-state index is 12.4.